The predicted octanol–water partition coefficient (Wildman–Crippen LogP) is 1.52. The van der Waals surface area contributed by atoms with Gasteiger partial charge in [-0.1, -0.05) is 25.7 Å². The van der Waals surface area contributed by atoms with Crippen LogP contribution in [0.1, 0.15) is 38.5 Å². The van der Waals surface area contributed by atoms with Gasteiger partial charge in [-0.15, -0.1) is 0 Å². The van der Waals surface area contributed by atoms with E-state index in [2.05, 4.69) is 10.6 Å². The van der Waals surface area contributed by atoms with Crippen LogP contribution in [0.2, 0.25) is 0 Å². The molecule has 1 unspecified atom stereocenters. The molecule has 1 atom stereocenters. The number of piperazine rings is 1. The molecule has 1 saturated carbocycles. The molecule has 1 aliphatic heterocycles. The minimum absolute atomic E-state index is 0.770. The van der Waals surface area contributed by atoms with Crippen LogP contribution in [0.4, 0.5) is 0 Å². The van der Waals surface area contributed by atoms with E-state index in [0.29, 0.717) is 0 Å². The molecule has 2 heteroatoms. The van der Waals surface area contributed by atoms with Gasteiger partial charge in [-0.3, -0.25) is 0 Å². The van der Waals surface area contributed by atoms with Gasteiger partial charge in [0.1, 0.15) is 0 Å². The van der Waals surface area contributed by atoms with E-state index in [0.717, 1.165) is 18.5 Å². The monoisotopic (exact) mass is 182 g/mol. The van der Waals surface area contributed by atoms with Gasteiger partial charge in [0.25, 0.3) is 0 Å². The van der Waals surface area contributed by atoms with Gasteiger partial charge in [0.2, 0.25) is 0 Å². The highest BCUT2D eigenvalue weighted by Crippen LogP contribution is 2.25. The van der Waals surface area contributed by atoms with Crippen LogP contribution in [-0.4, -0.2) is 25.7 Å². The Kier molecular flexibility index (Phi) is 3.62. The summed E-state index contributed by atoms with van der Waals surface area (Å²) < 4.78 is 0. The van der Waals surface area contributed by atoms with Crippen LogP contribution in [0, 0.1) is 5.92 Å². The topological polar surface area (TPSA) is 24.1 Å². The van der Waals surface area contributed by atoms with Crippen molar-refractivity contribution in [3.63, 3.8) is 0 Å². The molecule has 76 valence electrons. The molecular weight excluding hydrogens is 160 g/mol. The third-order valence-electron chi connectivity index (χ3n) is 3.54. The van der Waals surface area contributed by atoms with Gasteiger partial charge in [0, 0.05) is 25.7 Å². The number of hydrogen-bond acceptors (Lipinski definition) is 2. The Hall–Kier alpha value is -0.0800. The molecule has 0 spiro atoms. The molecule has 2 rings (SSSR count). The average Bonchev–Trinajstić information content (AvgIpc) is 2.47. The van der Waals surface area contributed by atoms with Crippen LogP contribution < -0.4 is 10.6 Å². The summed E-state index contributed by atoms with van der Waals surface area (Å²) >= 11 is 0. The summed E-state index contributed by atoms with van der Waals surface area (Å²) in [5.74, 6) is 0.954. The van der Waals surface area contributed by atoms with Crippen molar-refractivity contribution in [2.75, 3.05) is 19.6 Å². The zero-order valence-electron chi connectivity index (χ0n) is 8.52. The Morgan fingerprint density at radius 2 is 1.62 bits per heavy atom. The Morgan fingerprint density at radius 1 is 0.846 bits per heavy atom. The lowest BCUT2D eigenvalue weighted by Gasteiger charge is -2.31. The van der Waals surface area contributed by atoms with Crippen molar-refractivity contribution in [2.45, 2.75) is 44.6 Å². The van der Waals surface area contributed by atoms with Crippen LogP contribution in [-0.2, 0) is 0 Å². The molecule has 1 saturated heterocycles. The van der Waals surface area contributed by atoms with Crippen molar-refractivity contribution in [3.8, 4) is 0 Å². The van der Waals surface area contributed by atoms with E-state index in [9.17, 15) is 0 Å². The van der Waals surface area contributed by atoms with Gasteiger partial charge in [0.15, 0.2) is 0 Å². The third kappa shape index (κ3) is 2.68. The molecule has 13 heavy (non-hydrogen) atoms. The van der Waals surface area contributed by atoms with Gasteiger partial charge in [-0.2, -0.15) is 0 Å². The highest BCUT2D eigenvalue weighted by atomic mass is 15.1. The second-order valence-electron chi connectivity index (χ2n) is 4.52. The van der Waals surface area contributed by atoms with E-state index in [1.807, 2.05) is 0 Å². The minimum atomic E-state index is 0.770. The van der Waals surface area contributed by atoms with Gasteiger partial charge in [-0.05, 0) is 18.8 Å². The molecule has 0 amide bonds. The van der Waals surface area contributed by atoms with Crippen LogP contribution in [0.25, 0.3) is 0 Å². The predicted molar refractivity (Wildman–Crippen MR) is 55.9 cm³/mol. The molecular formula is C11H22N2. The summed E-state index contributed by atoms with van der Waals surface area (Å²) in [7, 11) is 0. The van der Waals surface area contributed by atoms with Gasteiger partial charge >= 0.3 is 0 Å². The van der Waals surface area contributed by atoms with E-state index in [1.165, 1.54) is 51.6 Å². The molecule has 2 fully saturated rings. The zero-order valence-corrected chi connectivity index (χ0v) is 8.52. The first-order chi connectivity index (χ1) is 6.47. The highest BCUT2D eigenvalue weighted by Gasteiger charge is 2.23. The lowest BCUT2D eigenvalue weighted by atomic mass is 9.91. The quantitative estimate of drug-likeness (QED) is 0.601. The Labute approximate surface area is 81.5 Å². The molecule has 2 aliphatic rings. The molecule has 0 radical (unpaired) electrons. The van der Waals surface area contributed by atoms with E-state index < -0.39 is 0 Å². The van der Waals surface area contributed by atoms with Crippen molar-refractivity contribution in [1.82, 2.24) is 10.6 Å². The maximum absolute atomic E-state index is 3.65. The van der Waals surface area contributed by atoms with E-state index >= 15 is 0 Å². The standard InChI is InChI=1S/C11H22N2/c1-2-4-6-10(5-3-1)11-9-12-7-8-13-11/h10-13H,1-9H2. The fraction of sp³-hybridized carbons (Fsp3) is 1.00. The lowest BCUT2D eigenvalue weighted by molar-refractivity contribution is 0.284. The molecule has 0 aromatic heterocycles. The number of hydrogen-bond donors (Lipinski definition) is 2. The highest BCUT2D eigenvalue weighted by molar-refractivity contribution is 4.83. The number of rotatable bonds is 1. The van der Waals surface area contributed by atoms with Crippen molar-refractivity contribution in [2.24, 2.45) is 5.92 Å². The third-order valence-corrected chi connectivity index (χ3v) is 3.54. The maximum Gasteiger partial charge on any atom is 0.0221 e. The summed E-state index contributed by atoms with van der Waals surface area (Å²) in [5, 5.41) is 7.14. The molecule has 0 aromatic rings. The van der Waals surface area contributed by atoms with Crippen molar-refractivity contribution in [3.05, 3.63) is 0 Å². The normalized spacial score (nSPS) is 32.8. The molecule has 1 aliphatic carbocycles. The molecule has 2 N–H and O–H groups in total. The average molecular weight is 182 g/mol. The molecule has 0 bridgehead atoms. The second-order valence-corrected chi connectivity index (χ2v) is 4.52. The summed E-state index contributed by atoms with van der Waals surface area (Å²) in [5.41, 5.74) is 0. The smallest absolute Gasteiger partial charge is 0.0221 e. The fourth-order valence-corrected chi connectivity index (χ4v) is 2.72. The molecule has 0 aromatic carbocycles. The Bertz CT molecular complexity index is 133. The summed E-state index contributed by atoms with van der Waals surface area (Å²) in [4.78, 5) is 0. The van der Waals surface area contributed by atoms with Crippen LogP contribution >= 0.6 is 0 Å². The number of nitrogens with one attached hydrogen (secondary N) is 2. The van der Waals surface area contributed by atoms with E-state index in [4.69, 9.17) is 0 Å². The summed E-state index contributed by atoms with van der Waals surface area (Å²) in [6.45, 7) is 3.52. The summed E-state index contributed by atoms with van der Waals surface area (Å²) in [6.07, 6.45) is 8.78. The zero-order chi connectivity index (χ0) is 8.93. The minimum Gasteiger partial charge on any atom is -0.314 e. The maximum atomic E-state index is 3.65. The van der Waals surface area contributed by atoms with Gasteiger partial charge in [-0.25, -0.2) is 0 Å². The van der Waals surface area contributed by atoms with Crippen molar-refractivity contribution < 1.29 is 0 Å². The van der Waals surface area contributed by atoms with E-state index in [1.54, 1.807) is 0 Å². The van der Waals surface area contributed by atoms with Crippen molar-refractivity contribution >= 4 is 0 Å². The van der Waals surface area contributed by atoms with Crippen LogP contribution in [0.3, 0.4) is 0 Å². The van der Waals surface area contributed by atoms with E-state index in [-0.39, 0.29) is 0 Å². The van der Waals surface area contributed by atoms with Crippen LogP contribution in [0.5, 0.6) is 0 Å². The first-order valence-electron chi connectivity index (χ1n) is 5.91. The van der Waals surface area contributed by atoms with Gasteiger partial charge in [0.05, 0.1) is 0 Å². The van der Waals surface area contributed by atoms with Crippen LogP contribution in [0.15, 0.2) is 0 Å². The lowest BCUT2D eigenvalue weighted by Crippen LogP contribution is -2.51. The summed E-state index contributed by atoms with van der Waals surface area (Å²) in [6, 6.07) is 0.770. The fourth-order valence-electron chi connectivity index (χ4n) is 2.72. The second kappa shape index (κ2) is 4.97. The Balaban J connectivity index is 1.82. The Morgan fingerprint density at radius 3 is 2.23 bits per heavy atom. The first-order valence-corrected chi connectivity index (χ1v) is 5.91. The molecule has 1 heterocycles. The largest absolute Gasteiger partial charge is 0.314 e. The molecule has 2 nitrogen and oxygen atoms in total. The first kappa shape index (κ1) is 9.47. The van der Waals surface area contributed by atoms with Gasteiger partial charge < -0.3 is 10.6 Å². The van der Waals surface area contributed by atoms with Crippen molar-refractivity contribution in [1.29, 1.82) is 0 Å². The SMILES string of the molecule is C1CCCC(C2CNCCN2)CC1.